The summed E-state index contributed by atoms with van der Waals surface area (Å²) in [5.41, 5.74) is 1.18. The van der Waals surface area contributed by atoms with Gasteiger partial charge in [0.25, 0.3) is 5.91 Å². The lowest BCUT2D eigenvalue weighted by Gasteiger charge is -2.17. The number of nitrogens with zero attached hydrogens (tertiary/aromatic N) is 2. The van der Waals surface area contributed by atoms with Crippen LogP contribution in [0.15, 0.2) is 18.2 Å². The highest BCUT2D eigenvalue weighted by Crippen LogP contribution is 2.31. The number of carbonyl (C=O) groups excluding carboxylic acids is 2. The van der Waals surface area contributed by atoms with Crippen molar-refractivity contribution in [1.82, 2.24) is 10.2 Å². The number of nitrogens with one attached hydrogen (secondary N) is 1. The Morgan fingerprint density at radius 1 is 1.41 bits per heavy atom. The number of amides is 2. The van der Waals surface area contributed by atoms with E-state index in [0.717, 1.165) is 13.0 Å². The summed E-state index contributed by atoms with van der Waals surface area (Å²) in [4.78, 5) is 27.7. The molecule has 0 saturated heterocycles. The van der Waals surface area contributed by atoms with Crippen molar-refractivity contribution in [1.29, 1.82) is 0 Å². The van der Waals surface area contributed by atoms with Crippen LogP contribution < -0.4 is 15.0 Å². The SMILES string of the molecule is CN(C)CCCNC(=O)c1ccc2c(c1)N(C)C(=O)CCO2. The van der Waals surface area contributed by atoms with Crippen LogP contribution in [-0.4, -0.2) is 57.6 Å². The number of benzene rings is 1. The van der Waals surface area contributed by atoms with E-state index in [1.165, 1.54) is 0 Å². The Bertz CT molecular complexity index is 558. The van der Waals surface area contributed by atoms with Crippen LogP contribution >= 0.6 is 0 Å². The minimum Gasteiger partial charge on any atom is -0.491 e. The summed E-state index contributed by atoms with van der Waals surface area (Å²) in [5.74, 6) is 0.492. The third-order valence-corrected chi connectivity index (χ3v) is 3.60. The zero-order chi connectivity index (χ0) is 16.1. The Morgan fingerprint density at radius 3 is 2.91 bits per heavy atom. The van der Waals surface area contributed by atoms with Crippen LogP contribution in [0.2, 0.25) is 0 Å². The van der Waals surface area contributed by atoms with Gasteiger partial charge in [0.2, 0.25) is 5.91 Å². The van der Waals surface area contributed by atoms with Crippen molar-refractivity contribution in [2.45, 2.75) is 12.8 Å². The Labute approximate surface area is 131 Å². The van der Waals surface area contributed by atoms with Crippen molar-refractivity contribution in [3.05, 3.63) is 23.8 Å². The molecule has 0 aliphatic carbocycles. The van der Waals surface area contributed by atoms with Crippen LogP contribution in [0.1, 0.15) is 23.2 Å². The van der Waals surface area contributed by atoms with Crippen molar-refractivity contribution in [3.8, 4) is 5.75 Å². The van der Waals surface area contributed by atoms with Gasteiger partial charge in [-0.1, -0.05) is 0 Å². The van der Waals surface area contributed by atoms with E-state index in [-0.39, 0.29) is 11.8 Å². The average molecular weight is 305 g/mol. The van der Waals surface area contributed by atoms with Gasteiger partial charge in [0.05, 0.1) is 18.7 Å². The Morgan fingerprint density at radius 2 is 2.18 bits per heavy atom. The first-order valence-corrected chi connectivity index (χ1v) is 7.45. The molecule has 0 aromatic heterocycles. The second-order valence-corrected chi connectivity index (χ2v) is 5.65. The molecule has 0 fully saturated rings. The van der Waals surface area contributed by atoms with Crippen LogP contribution in [0.5, 0.6) is 5.75 Å². The quantitative estimate of drug-likeness (QED) is 0.828. The van der Waals surface area contributed by atoms with E-state index < -0.39 is 0 Å². The van der Waals surface area contributed by atoms with Gasteiger partial charge in [0.15, 0.2) is 0 Å². The predicted octanol–water partition coefficient (Wildman–Crippen LogP) is 1.11. The van der Waals surface area contributed by atoms with Crippen LogP contribution in [0.25, 0.3) is 0 Å². The van der Waals surface area contributed by atoms with Crippen LogP contribution in [0.3, 0.4) is 0 Å². The highest BCUT2D eigenvalue weighted by molar-refractivity contribution is 5.99. The summed E-state index contributed by atoms with van der Waals surface area (Å²) >= 11 is 0. The number of fused-ring (bicyclic) bond motifs is 1. The van der Waals surface area contributed by atoms with Gasteiger partial charge in [-0.15, -0.1) is 0 Å². The molecule has 0 radical (unpaired) electrons. The van der Waals surface area contributed by atoms with Gasteiger partial charge in [0.1, 0.15) is 5.75 Å². The topological polar surface area (TPSA) is 61.9 Å². The number of anilines is 1. The number of hydrogen-bond donors (Lipinski definition) is 1. The van der Waals surface area contributed by atoms with Gasteiger partial charge >= 0.3 is 0 Å². The first-order valence-electron chi connectivity index (χ1n) is 7.45. The Balaban J connectivity index is 2.05. The molecule has 0 unspecified atom stereocenters. The van der Waals surface area contributed by atoms with Crippen LogP contribution in [0.4, 0.5) is 5.69 Å². The zero-order valence-electron chi connectivity index (χ0n) is 13.4. The van der Waals surface area contributed by atoms with Gasteiger partial charge in [-0.25, -0.2) is 0 Å². The molecule has 0 bridgehead atoms. The molecule has 1 aromatic carbocycles. The molecule has 6 nitrogen and oxygen atoms in total. The fourth-order valence-corrected chi connectivity index (χ4v) is 2.29. The van der Waals surface area contributed by atoms with E-state index in [4.69, 9.17) is 4.74 Å². The third kappa shape index (κ3) is 3.98. The summed E-state index contributed by atoms with van der Waals surface area (Å²) in [6, 6.07) is 5.18. The summed E-state index contributed by atoms with van der Waals surface area (Å²) < 4.78 is 5.55. The average Bonchev–Trinajstić information content (AvgIpc) is 2.63. The van der Waals surface area contributed by atoms with Crippen LogP contribution in [-0.2, 0) is 4.79 Å². The number of carbonyl (C=O) groups is 2. The standard InChI is InChI=1S/C16H23N3O3/c1-18(2)9-4-8-17-16(21)12-5-6-14-13(11-12)19(3)15(20)7-10-22-14/h5-6,11H,4,7-10H2,1-3H3,(H,17,21). The predicted molar refractivity (Wildman–Crippen MR) is 85.5 cm³/mol. The minimum absolute atomic E-state index is 0.0118. The molecule has 1 aliphatic heterocycles. The monoisotopic (exact) mass is 305 g/mol. The molecule has 22 heavy (non-hydrogen) atoms. The lowest BCUT2D eigenvalue weighted by molar-refractivity contribution is -0.118. The van der Waals surface area contributed by atoms with Gasteiger partial charge in [-0.2, -0.15) is 0 Å². The second-order valence-electron chi connectivity index (χ2n) is 5.65. The van der Waals surface area contributed by atoms with E-state index in [9.17, 15) is 9.59 Å². The van der Waals surface area contributed by atoms with Gasteiger partial charge in [0, 0.05) is 19.2 Å². The zero-order valence-corrected chi connectivity index (χ0v) is 13.4. The first kappa shape index (κ1) is 16.3. The molecule has 120 valence electrons. The summed E-state index contributed by atoms with van der Waals surface area (Å²) in [6.45, 7) is 1.92. The van der Waals surface area contributed by atoms with E-state index in [2.05, 4.69) is 10.2 Å². The normalized spacial score (nSPS) is 14.4. The number of ether oxygens (including phenoxy) is 1. The van der Waals surface area contributed by atoms with Gasteiger partial charge in [-0.05, 0) is 45.3 Å². The maximum atomic E-state index is 12.2. The molecule has 0 saturated carbocycles. The fraction of sp³-hybridized carbons (Fsp3) is 0.500. The van der Waals surface area contributed by atoms with Crippen molar-refractivity contribution >= 4 is 17.5 Å². The minimum atomic E-state index is -0.133. The Kier molecular flexibility index (Phi) is 5.38. The maximum absolute atomic E-state index is 12.2. The highest BCUT2D eigenvalue weighted by Gasteiger charge is 2.21. The Hall–Kier alpha value is -2.08. The number of rotatable bonds is 5. The molecule has 1 aliphatic rings. The molecule has 1 N–H and O–H groups in total. The van der Waals surface area contributed by atoms with Gasteiger partial charge in [-0.3, -0.25) is 9.59 Å². The second kappa shape index (κ2) is 7.26. The van der Waals surface area contributed by atoms with Crippen LogP contribution in [0, 0.1) is 0 Å². The lowest BCUT2D eigenvalue weighted by Crippen LogP contribution is -2.28. The summed E-state index contributed by atoms with van der Waals surface area (Å²) in [7, 11) is 5.71. The molecular formula is C16H23N3O3. The van der Waals surface area contributed by atoms with E-state index in [0.29, 0.717) is 36.6 Å². The van der Waals surface area contributed by atoms with Crippen molar-refractivity contribution in [2.24, 2.45) is 0 Å². The van der Waals surface area contributed by atoms with Gasteiger partial charge < -0.3 is 19.9 Å². The maximum Gasteiger partial charge on any atom is 0.251 e. The van der Waals surface area contributed by atoms with Crippen molar-refractivity contribution < 1.29 is 14.3 Å². The first-order chi connectivity index (χ1) is 10.5. The number of hydrogen-bond acceptors (Lipinski definition) is 4. The summed E-state index contributed by atoms with van der Waals surface area (Å²) in [6.07, 6.45) is 1.24. The van der Waals surface area contributed by atoms with Crippen molar-refractivity contribution in [2.75, 3.05) is 45.7 Å². The van der Waals surface area contributed by atoms with Crippen molar-refractivity contribution in [3.63, 3.8) is 0 Å². The van der Waals surface area contributed by atoms with E-state index in [1.807, 2.05) is 14.1 Å². The molecule has 6 heteroatoms. The summed E-state index contributed by atoms with van der Waals surface area (Å²) in [5, 5.41) is 2.89. The third-order valence-electron chi connectivity index (χ3n) is 3.60. The molecule has 0 spiro atoms. The molecule has 1 heterocycles. The molecule has 1 aromatic rings. The molecular weight excluding hydrogens is 282 g/mol. The molecule has 2 amide bonds. The molecule has 2 rings (SSSR count). The van der Waals surface area contributed by atoms with E-state index in [1.54, 1.807) is 30.1 Å². The molecule has 0 atom stereocenters. The fourth-order valence-electron chi connectivity index (χ4n) is 2.29. The highest BCUT2D eigenvalue weighted by atomic mass is 16.5. The lowest BCUT2D eigenvalue weighted by atomic mass is 10.1. The largest absolute Gasteiger partial charge is 0.491 e. The smallest absolute Gasteiger partial charge is 0.251 e. The van der Waals surface area contributed by atoms with E-state index >= 15 is 0 Å².